The average Bonchev–Trinajstić information content (AvgIpc) is 2.82. The fourth-order valence-electron chi connectivity index (χ4n) is 4.36. The SMILES string of the molecule is CCc1ccc(C(C(=O)Nc2c(C)cccc2Cl)N(C(=O)C(CC(C)C)NC(=O)OC(C)(C)C)C(C)C)cc1. The third-order valence-corrected chi connectivity index (χ3v) is 6.52. The Hall–Kier alpha value is -3.06. The van der Waals surface area contributed by atoms with Gasteiger partial charge in [0.15, 0.2) is 0 Å². The van der Waals surface area contributed by atoms with E-state index in [0.717, 1.165) is 17.5 Å². The lowest BCUT2D eigenvalue weighted by Gasteiger charge is -2.37. The lowest BCUT2D eigenvalue weighted by Crippen LogP contribution is -2.54. The van der Waals surface area contributed by atoms with Gasteiger partial charge in [0, 0.05) is 6.04 Å². The second-order valence-corrected chi connectivity index (χ2v) is 12.0. The van der Waals surface area contributed by atoms with E-state index in [1.807, 2.05) is 71.0 Å². The molecule has 2 unspecified atom stereocenters. The Morgan fingerprint density at radius 1 is 1.00 bits per heavy atom. The Kier molecular flexibility index (Phi) is 11.4. The number of carbonyl (C=O) groups excluding carboxylic acids is 3. The zero-order valence-corrected chi connectivity index (χ0v) is 25.5. The van der Waals surface area contributed by atoms with Gasteiger partial charge in [-0.2, -0.15) is 0 Å². The molecule has 2 rings (SSSR count). The van der Waals surface area contributed by atoms with Crippen molar-refractivity contribution in [1.82, 2.24) is 10.2 Å². The molecule has 214 valence electrons. The molecule has 0 heterocycles. The van der Waals surface area contributed by atoms with Gasteiger partial charge in [0.2, 0.25) is 5.91 Å². The predicted molar refractivity (Wildman–Crippen MR) is 158 cm³/mol. The van der Waals surface area contributed by atoms with E-state index >= 15 is 0 Å². The van der Waals surface area contributed by atoms with Crippen LogP contribution < -0.4 is 10.6 Å². The molecule has 0 spiro atoms. The number of benzene rings is 2. The van der Waals surface area contributed by atoms with E-state index in [1.54, 1.807) is 31.7 Å². The number of ether oxygens (including phenoxy) is 1. The van der Waals surface area contributed by atoms with Crippen molar-refractivity contribution >= 4 is 35.2 Å². The first kappa shape index (κ1) is 32.2. The van der Waals surface area contributed by atoms with Crippen LogP contribution in [0.15, 0.2) is 42.5 Å². The first-order valence-electron chi connectivity index (χ1n) is 13.6. The molecule has 7 nitrogen and oxygen atoms in total. The highest BCUT2D eigenvalue weighted by atomic mass is 35.5. The number of nitrogens with one attached hydrogen (secondary N) is 2. The molecule has 2 aromatic rings. The number of amides is 3. The maximum Gasteiger partial charge on any atom is 0.408 e. The first-order chi connectivity index (χ1) is 18.1. The minimum Gasteiger partial charge on any atom is -0.444 e. The van der Waals surface area contributed by atoms with Crippen LogP contribution in [0.2, 0.25) is 5.02 Å². The van der Waals surface area contributed by atoms with E-state index in [9.17, 15) is 14.4 Å². The van der Waals surface area contributed by atoms with Crippen molar-refractivity contribution < 1.29 is 19.1 Å². The van der Waals surface area contributed by atoms with Crippen LogP contribution >= 0.6 is 11.6 Å². The summed E-state index contributed by atoms with van der Waals surface area (Å²) >= 11 is 6.43. The van der Waals surface area contributed by atoms with Crippen LogP contribution in [0.4, 0.5) is 10.5 Å². The molecule has 8 heteroatoms. The van der Waals surface area contributed by atoms with Gasteiger partial charge in [-0.3, -0.25) is 9.59 Å². The quantitative estimate of drug-likeness (QED) is 0.327. The van der Waals surface area contributed by atoms with Gasteiger partial charge in [-0.15, -0.1) is 0 Å². The maximum absolute atomic E-state index is 14.2. The molecule has 2 atom stereocenters. The van der Waals surface area contributed by atoms with Gasteiger partial charge in [-0.05, 0) is 83.1 Å². The van der Waals surface area contributed by atoms with Crippen molar-refractivity contribution in [3.63, 3.8) is 0 Å². The summed E-state index contributed by atoms with van der Waals surface area (Å²) in [6.07, 6.45) is 0.554. The molecule has 0 bridgehead atoms. The standard InChI is InChI=1S/C31H44ClN3O4/c1-10-22-14-16-23(17-15-22)27(28(36)34-26-21(6)12-11-13-24(26)32)35(20(4)5)29(37)25(18-19(2)3)33-30(38)39-31(7,8)9/h11-17,19-20,25,27H,10,18H2,1-9H3,(H,33,38)(H,34,36). The van der Waals surface area contributed by atoms with Gasteiger partial charge in [-0.25, -0.2) is 4.79 Å². The molecule has 0 saturated carbocycles. The molecule has 2 aromatic carbocycles. The molecule has 0 saturated heterocycles. The highest BCUT2D eigenvalue weighted by molar-refractivity contribution is 6.34. The zero-order chi connectivity index (χ0) is 29.5. The summed E-state index contributed by atoms with van der Waals surface area (Å²) in [6.45, 7) is 16.9. The first-order valence-corrected chi connectivity index (χ1v) is 14.0. The van der Waals surface area contributed by atoms with Crippen molar-refractivity contribution in [2.75, 3.05) is 5.32 Å². The molecule has 39 heavy (non-hydrogen) atoms. The van der Waals surface area contributed by atoms with E-state index in [2.05, 4.69) is 17.6 Å². The fourth-order valence-corrected chi connectivity index (χ4v) is 4.63. The van der Waals surface area contributed by atoms with Gasteiger partial charge in [0.1, 0.15) is 17.7 Å². The van der Waals surface area contributed by atoms with Crippen LogP contribution in [0, 0.1) is 12.8 Å². The number of aryl methyl sites for hydroxylation is 2. The van der Waals surface area contributed by atoms with Crippen LogP contribution in [0.3, 0.4) is 0 Å². The maximum atomic E-state index is 14.2. The molecular formula is C31H44ClN3O4. The van der Waals surface area contributed by atoms with Crippen LogP contribution in [-0.2, 0) is 20.7 Å². The van der Waals surface area contributed by atoms with E-state index < -0.39 is 29.7 Å². The molecule has 0 aliphatic carbocycles. The second kappa shape index (κ2) is 13.8. The van der Waals surface area contributed by atoms with Gasteiger partial charge >= 0.3 is 6.09 Å². The summed E-state index contributed by atoms with van der Waals surface area (Å²) in [4.78, 5) is 42.5. The zero-order valence-electron chi connectivity index (χ0n) is 24.7. The number of rotatable bonds is 10. The summed E-state index contributed by atoms with van der Waals surface area (Å²) in [5, 5.41) is 6.15. The Bertz CT molecular complexity index is 1120. The van der Waals surface area contributed by atoms with Gasteiger partial charge < -0.3 is 20.3 Å². The third-order valence-electron chi connectivity index (χ3n) is 6.21. The third kappa shape index (κ3) is 9.27. The number of halogens is 1. The number of anilines is 1. The van der Waals surface area contributed by atoms with E-state index in [-0.39, 0.29) is 17.9 Å². The molecule has 3 amide bonds. The van der Waals surface area contributed by atoms with Gasteiger partial charge in [0.25, 0.3) is 5.91 Å². The van der Waals surface area contributed by atoms with Crippen molar-refractivity contribution in [2.24, 2.45) is 5.92 Å². The molecule has 0 aromatic heterocycles. The van der Waals surface area contributed by atoms with Crippen molar-refractivity contribution in [1.29, 1.82) is 0 Å². The monoisotopic (exact) mass is 557 g/mol. The minimum atomic E-state index is -0.964. The molecule has 0 aliphatic rings. The highest BCUT2D eigenvalue weighted by Gasteiger charge is 2.38. The molecular weight excluding hydrogens is 514 g/mol. The number of hydrogen-bond acceptors (Lipinski definition) is 4. The Labute approximate surface area is 238 Å². The topological polar surface area (TPSA) is 87.7 Å². The molecule has 2 N–H and O–H groups in total. The fraction of sp³-hybridized carbons (Fsp3) is 0.516. The Morgan fingerprint density at radius 3 is 2.10 bits per heavy atom. The lowest BCUT2D eigenvalue weighted by molar-refractivity contribution is -0.143. The lowest BCUT2D eigenvalue weighted by atomic mass is 9.97. The summed E-state index contributed by atoms with van der Waals surface area (Å²) < 4.78 is 5.45. The van der Waals surface area contributed by atoms with Crippen LogP contribution in [-0.4, -0.2) is 40.5 Å². The number of nitrogens with zero attached hydrogens (tertiary/aromatic N) is 1. The van der Waals surface area contributed by atoms with E-state index in [4.69, 9.17) is 16.3 Å². The van der Waals surface area contributed by atoms with Crippen LogP contribution in [0.1, 0.15) is 84.5 Å². The average molecular weight is 558 g/mol. The van der Waals surface area contributed by atoms with Crippen LogP contribution in [0.25, 0.3) is 0 Å². The van der Waals surface area contributed by atoms with Gasteiger partial charge in [-0.1, -0.05) is 68.8 Å². The van der Waals surface area contributed by atoms with Crippen molar-refractivity contribution in [3.05, 3.63) is 64.2 Å². The second-order valence-electron chi connectivity index (χ2n) is 11.6. The molecule has 0 aliphatic heterocycles. The summed E-state index contributed by atoms with van der Waals surface area (Å²) in [5.41, 5.74) is 2.37. The number of para-hydroxylation sites is 1. The predicted octanol–water partition coefficient (Wildman–Crippen LogP) is 7.07. The Morgan fingerprint density at radius 2 is 1.62 bits per heavy atom. The van der Waals surface area contributed by atoms with Crippen molar-refractivity contribution in [2.45, 2.75) is 98.9 Å². The van der Waals surface area contributed by atoms with Gasteiger partial charge in [0.05, 0.1) is 10.7 Å². The van der Waals surface area contributed by atoms with E-state index in [1.165, 1.54) is 0 Å². The number of hydrogen-bond donors (Lipinski definition) is 2. The van der Waals surface area contributed by atoms with Crippen LogP contribution in [0.5, 0.6) is 0 Å². The number of carbonyl (C=O) groups is 3. The molecule has 0 fully saturated rings. The summed E-state index contributed by atoms with van der Waals surface area (Å²) in [6, 6.07) is 10.9. The van der Waals surface area contributed by atoms with Crippen molar-refractivity contribution in [3.8, 4) is 0 Å². The highest BCUT2D eigenvalue weighted by Crippen LogP contribution is 2.31. The minimum absolute atomic E-state index is 0.102. The smallest absolute Gasteiger partial charge is 0.408 e. The summed E-state index contributed by atoms with van der Waals surface area (Å²) in [5.74, 6) is -0.650. The summed E-state index contributed by atoms with van der Waals surface area (Å²) in [7, 11) is 0. The molecule has 0 radical (unpaired) electrons. The normalized spacial score (nSPS) is 13.1. The Balaban J connectivity index is 2.57. The number of alkyl carbamates (subject to hydrolysis) is 1. The van der Waals surface area contributed by atoms with E-state index in [0.29, 0.717) is 22.7 Å². The largest absolute Gasteiger partial charge is 0.444 e.